The lowest BCUT2D eigenvalue weighted by Gasteiger charge is -2.29. The molecule has 0 atom stereocenters. The molecule has 0 unspecified atom stereocenters. The van der Waals surface area contributed by atoms with Gasteiger partial charge in [0.05, 0.1) is 5.56 Å². The zero-order chi connectivity index (χ0) is 14.0. The average Bonchev–Trinajstić information content (AvgIpc) is 2.38. The van der Waals surface area contributed by atoms with Crippen LogP contribution >= 0.6 is 15.9 Å². The van der Waals surface area contributed by atoms with Crippen molar-refractivity contribution in [3.63, 3.8) is 0 Å². The van der Waals surface area contributed by atoms with Crippen LogP contribution in [0.1, 0.15) is 11.1 Å². The van der Waals surface area contributed by atoms with Gasteiger partial charge in [0.15, 0.2) is 0 Å². The van der Waals surface area contributed by atoms with Gasteiger partial charge in [0, 0.05) is 46.4 Å². The lowest BCUT2D eigenvalue weighted by atomic mass is 10.1. The van der Waals surface area contributed by atoms with Gasteiger partial charge in [0.1, 0.15) is 0 Å². The zero-order valence-electron chi connectivity index (χ0n) is 10.0. The van der Waals surface area contributed by atoms with E-state index in [2.05, 4.69) is 15.9 Å². The number of alkyl halides is 4. The molecule has 2 nitrogen and oxygen atoms in total. The lowest BCUT2D eigenvalue weighted by Crippen LogP contribution is -2.37. The highest BCUT2D eigenvalue weighted by molar-refractivity contribution is 9.08. The summed E-state index contributed by atoms with van der Waals surface area (Å²) >= 11 is 3.08. The maximum atomic E-state index is 13.0. The van der Waals surface area contributed by atoms with Crippen molar-refractivity contribution in [3.05, 3.63) is 29.3 Å². The van der Waals surface area contributed by atoms with Gasteiger partial charge in [-0.3, -0.25) is 4.21 Å². The fourth-order valence-electron chi connectivity index (χ4n) is 2.04. The van der Waals surface area contributed by atoms with Crippen molar-refractivity contribution in [3.8, 4) is 0 Å². The summed E-state index contributed by atoms with van der Waals surface area (Å²) in [6.07, 6.45) is -4.35. The van der Waals surface area contributed by atoms with Gasteiger partial charge in [-0.15, -0.1) is 0 Å². The van der Waals surface area contributed by atoms with Crippen LogP contribution in [0.3, 0.4) is 0 Å². The highest BCUT2D eigenvalue weighted by Crippen LogP contribution is 2.35. The Morgan fingerprint density at radius 2 is 1.89 bits per heavy atom. The van der Waals surface area contributed by atoms with Crippen molar-refractivity contribution in [1.82, 2.24) is 0 Å². The van der Waals surface area contributed by atoms with Crippen molar-refractivity contribution >= 4 is 32.4 Å². The van der Waals surface area contributed by atoms with Gasteiger partial charge in [0.2, 0.25) is 0 Å². The number of hydrogen-bond donors (Lipinski definition) is 0. The van der Waals surface area contributed by atoms with Gasteiger partial charge in [-0.2, -0.15) is 13.2 Å². The maximum absolute atomic E-state index is 13.0. The van der Waals surface area contributed by atoms with Crippen LogP contribution in [0.4, 0.5) is 18.9 Å². The average molecular weight is 356 g/mol. The molecule has 106 valence electrons. The molecule has 1 aromatic rings. The summed E-state index contributed by atoms with van der Waals surface area (Å²) in [6, 6.07) is 4.38. The molecule has 0 radical (unpaired) electrons. The summed E-state index contributed by atoms with van der Waals surface area (Å²) in [6.45, 7) is 1.08. The normalized spacial score (nSPS) is 17.8. The molecular weight excluding hydrogens is 343 g/mol. The van der Waals surface area contributed by atoms with Crippen molar-refractivity contribution < 1.29 is 17.4 Å². The fraction of sp³-hybridized carbons (Fsp3) is 0.500. The third kappa shape index (κ3) is 3.51. The second kappa shape index (κ2) is 5.83. The predicted molar refractivity (Wildman–Crippen MR) is 74.2 cm³/mol. The summed E-state index contributed by atoms with van der Waals surface area (Å²) in [7, 11) is -0.834. The standard InChI is InChI=1S/C12H13BrF3NOS/c13-8-9-1-2-10(7-11(9)12(14,15)16)17-3-5-19(18)6-4-17/h1-2,7H,3-6,8H2. The molecule has 0 spiro atoms. The van der Waals surface area contributed by atoms with Crippen molar-refractivity contribution in [1.29, 1.82) is 0 Å². The Hall–Kier alpha value is -0.560. The third-order valence-electron chi connectivity index (χ3n) is 3.09. The quantitative estimate of drug-likeness (QED) is 0.759. The summed E-state index contributed by atoms with van der Waals surface area (Å²) < 4.78 is 50.1. The van der Waals surface area contributed by atoms with E-state index in [1.807, 2.05) is 4.90 Å². The first-order valence-electron chi connectivity index (χ1n) is 5.78. The molecule has 7 heteroatoms. The van der Waals surface area contributed by atoms with Crippen molar-refractivity contribution in [2.24, 2.45) is 0 Å². The van der Waals surface area contributed by atoms with E-state index in [-0.39, 0.29) is 10.9 Å². The van der Waals surface area contributed by atoms with Gasteiger partial charge in [-0.1, -0.05) is 22.0 Å². The Kier molecular flexibility index (Phi) is 4.55. The SMILES string of the molecule is O=S1CCN(c2ccc(CBr)c(C(F)(F)F)c2)CC1. The molecule has 0 N–H and O–H groups in total. The van der Waals surface area contributed by atoms with E-state index in [1.54, 1.807) is 6.07 Å². The first-order chi connectivity index (χ1) is 8.91. The van der Waals surface area contributed by atoms with Gasteiger partial charge >= 0.3 is 6.18 Å². The molecule has 0 saturated carbocycles. The molecule has 19 heavy (non-hydrogen) atoms. The number of nitrogens with zero attached hydrogens (tertiary/aromatic N) is 1. The van der Waals surface area contributed by atoms with Crippen LogP contribution in [-0.4, -0.2) is 28.8 Å². The predicted octanol–water partition coefficient (Wildman–Crippen LogP) is 3.17. The molecule has 2 rings (SSSR count). The maximum Gasteiger partial charge on any atom is 0.416 e. The number of halogens is 4. The number of benzene rings is 1. The number of hydrogen-bond acceptors (Lipinski definition) is 2. The first kappa shape index (κ1) is 14.8. The Morgan fingerprint density at radius 3 is 2.42 bits per heavy atom. The molecule has 1 saturated heterocycles. The fourth-order valence-corrected chi connectivity index (χ4v) is 3.58. The Labute approximate surface area is 120 Å². The molecule has 1 fully saturated rings. The Morgan fingerprint density at radius 1 is 1.26 bits per heavy atom. The van der Waals surface area contributed by atoms with Crippen LogP contribution in [0, 0.1) is 0 Å². The zero-order valence-corrected chi connectivity index (χ0v) is 12.4. The Balaban J connectivity index is 2.30. The number of anilines is 1. The summed E-state index contributed by atoms with van der Waals surface area (Å²) in [5, 5.41) is 0.173. The lowest BCUT2D eigenvalue weighted by molar-refractivity contribution is -0.138. The van der Waals surface area contributed by atoms with Gasteiger partial charge in [-0.05, 0) is 17.7 Å². The smallest absolute Gasteiger partial charge is 0.370 e. The monoisotopic (exact) mass is 355 g/mol. The minimum Gasteiger partial charge on any atom is -0.370 e. The molecular formula is C12H13BrF3NOS. The van der Waals surface area contributed by atoms with Crippen LogP contribution in [0.15, 0.2) is 18.2 Å². The largest absolute Gasteiger partial charge is 0.416 e. The van der Waals surface area contributed by atoms with E-state index in [1.165, 1.54) is 12.1 Å². The van der Waals surface area contributed by atoms with Crippen molar-refractivity contribution in [2.45, 2.75) is 11.5 Å². The first-order valence-corrected chi connectivity index (χ1v) is 8.39. The third-order valence-corrected chi connectivity index (χ3v) is 4.97. The Bertz CT molecular complexity index is 482. The van der Waals surface area contributed by atoms with E-state index in [9.17, 15) is 17.4 Å². The topological polar surface area (TPSA) is 20.3 Å². The molecule has 0 aromatic heterocycles. The summed E-state index contributed by atoms with van der Waals surface area (Å²) in [4.78, 5) is 1.86. The van der Waals surface area contributed by atoms with E-state index in [4.69, 9.17) is 0 Å². The second-order valence-corrected chi connectivity index (χ2v) is 6.56. The van der Waals surface area contributed by atoms with Crippen LogP contribution in [0.5, 0.6) is 0 Å². The molecule has 0 amide bonds. The number of rotatable bonds is 2. The summed E-state index contributed by atoms with van der Waals surface area (Å²) in [5.41, 5.74) is 0.180. The van der Waals surface area contributed by atoms with Crippen molar-refractivity contribution in [2.75, 3.05) is 29.5 Å². The minimum atomic E-state index is -4.35. The molecule has 0 bridgehead atoms. The van der Waals surface area contributed by atoms with E-state index < -0.39 is 22.5 Å². The van der Waals surface area contributed by atoms with Crippen LogP contribution in [-0.2, 0) is 22.3 Å². The molecule has 1 heterocycles. The highest BCUT2D eigenvalue weighted by atomic mass is 79.9. The van der Waals surface area contributed by atoms with Gasteiger partial charge in [0.25, 0.3) is 0 Å². The molecule has 1 aromatic carbocycles. The van der Waals surface area contributed by atoms with Crippen LogP contribution in [0.25, 0.3) is 0 Å². The van der Waals surface area contributed by atoms with Gasteiger partial charge < -0.3 is 4.90 Å². The van der Waals surface area contributed by atoms with Crippen LogP contribution in [0.2, 0.25) is 0 Å². The van der Waals surface area contributed by atoms with Crippen LogP contribution < -0.4 is 4.90 Å². The van der Waals surface area contributed by atoms with E-state index in [0.29, 0.717) is 30.3 Å². The van der Waals surface area contributed by atoms with E-state index >= 15 is 0 Å². The highest BCUT2D eigenvalue weighted by Gasteiger charge is 2.33. The second-order valence-electron chi connectivity index (χ2n) is 4.31. The molecule has 0 aliphatic carbocycles. The summed E-state index contributed by atoms with van der Waals surface area (Å²) in [5.74, 6) is 1.03. The minimum absolute atomic E-state index is 0.173. The van der Waals surface area contributed by atoms with Gasteiger partial charge in [-0.25, -0.2) is 0 Å². The molecule has 1 aliphatic rings. The molecule has 1 aliphatic heterocycles. The van der Waals surface area contributed by atoms with E-state index in [0.717, 1.165) is 0 Å².